The molecule has 0 spiro atoms. The molecule has 7 heteroatoms. The van der Waals surface area contributed by atoms with Crippen molar-refractivity contribution in [2.45, 2.75) is 6.42 Å². The first-order valence-electron chi connectivity index (χ1n) is 5.52. The Kier molecular flexibility index (Phi) is 4.10. The van der Waals surface area contributed by atoms with Crippen molar-refractivity contribution in [1.82, 2.24) is 0 Å². The number of carboxylic acid groups (broad SMARTS) is 1. The summed E-state index contributed by atoms with van der Waals surface area (Å²) in [7, 11) is 0. The molecule has 2 rings (SSSR count). The zero-order chi connectivity index (χ0) is 14.2. The van der Waals surface area contributed by atoms with E-state index in [0.717, 1.165) is 12.1 Å². The van der Waals surface area contributed by atoms with Gasteiger partial charge in [-0.25, -0.2) is 9.18 Å². The minimum absolute atomic E-state index is 0.0206. The lowest BCUT2D eigenvalue weighted by atomic mass is 10.1. The number of amides is 1. The second-order valence-corrected chi connectivity index (χ2v) is 5.48. The lowest BCUT2D eigenvalue weighted by molar-refractivity contribution is -0.117. The third-order valence-corrected chi connectivity index (χ3v) is 3.99. The first-order chi connectivity index (χ1) is 8.93. The summed E-state index contributed by atoms with van der Waals surface area (Å²) >= 11 is 8.84. The Morgan fingerprint density at radius 2 is 2.26 bits per heavy atom. The Hall–Kier alpha value is -1.14. The Balaban J connectivity index is 2.50. The molecule has 1 N–H and O–H groups in total. The number of anilines is 1. The summed E-state index contributed by atoms with van der Waals surface area (Å²) < 4.78 is 13.5. The summed E-state index contributed by atoms with van der Waals surface area (Å²) in [5.74, 6) is -1.86. The van der Waals surface area contributed by atoms with Gasteiger partial charge < -0.3 is 10.0 Å². The number of carbonyl (C=O) groups excluding carboxylic acids is 1. The smallest absolute Gasteiger partial charge is 0.337 e. The minimum atomic E-state index is -1.28. The van der Waals surface area contributed by atoms with Gasteiger partial charge in [-0.05, 0) is 34.0 Å². The molecule has 0 bridgehead atoms. The molecule has 4 nitrogen and oxygen atoms in total. The van der Waals surface area contributed by atoms with Crippen molar-refractivity contribution >= 4 is 45.1 Å². The van der Waals surface area contributed by atoms with Gasteiger partial charge >= 0.3 is 5.97 Å². The van der Waals surface area contributed by atoms with Crippen LogP contribution in [0.1, 0.15) is 16.8 Å². The Morgan fingerprint density at radius 3 is 2.79 bits per heavy atom. The third kappa shape index (κ3) is 2.74. The van der Waals surface area contributed by atoms with Gasteiger partial charge in [-0.2, -0.15) is 0 Å². The van der Waals surface area contributed by atoms with Crippen LogP contribution in [0, 0.1) is 11.7 Å². The second kappa shape index (κ2) is 5.46. The van der Waals surface area contributed by atoms with E-state index in [9.17, 15) is 14.0 Å². The van der Waals surface area contributed by atoms with Crippen molar-refractivity contribution < 1.29 is 19.1 Å². The van der Waals surface area contributed by atoms with Gasteiger partial charge in [-0.1, -0.05) is 0 Å². The van der Waals surface area contributed by atoms with Gasteiger partial charge in [-0.15, -0.1) is 11.6 Å². The first-order valence-corrected chi connectivity index (χ1v) is 6.85. The lowest BCUT2D eigenvalue weighted by Gasteiger charge is -2.20. The molecule has 1 fully saturated rings. The largest absolute Gasteiger partial charge is 0.478 e. The summed E-state index contributed by atoms with van der Waals surface area (Å²) in [5, 5.41) is 9.13. The number of aromatic carboxylic acids is 1. The molecule has 1 heterocycles. The summed E-state index contributed by atoms with van der Waals surface area (Å²) in [4.78, 5) is 24.5. The molecule has 1 aliphatic rings. The number of nitrogens with zero attached hydrogens (tertiary/aromatic N) is 1. The van der Waals surface area contributed by atoms with Crippen LogP contribution in [0.2, 0.25) is 0 Å². The van der Waals surface area contributed by atoms with E-state index in [1.807, 2.05) is 0 Å². The topological polar surface area (TPSA) is 57.6 Å². The molecular formula is C12H10BrClFNO3. The van der Waals surface area contributed by atoms with Crippen LogP contribution in [0.15, 0.2) is 16.6 Å². The zero-order valence-corrected chi connectivity index (χ0v) is 12.0. The number of hydrogen-bond donors (Lipinski definition) is 1. The highest BCUT2D eigenvalue weighted by Gasteiger charge is 2.33. The van der Waals surface area contributed by atoms with E-state index in [1.54, 1.807) is 0 Å². The fourth-order valence-electron chi connectivity index (χ4n) is 2.10. The van der Waals surface area contributed by atoms with Crippen LogP contribution in [0.25, 0.3) is 0 Å². The average Bonchev–Trinajstić information content (AvgIpc) is 2.69. The molecule has 1 saturated heterocycles. The normalized spacial score (nSPS) is 19.0. The van der Waals surface area contributed by atoms with E-state index >= 15 is 0 Å². The van der Waals surface area contributed by atoms with Gasteiger partial charge in [0.2, 0.25) is 5.91 Å². The number of carboxylic acids is 1. The summed E-state index contributed by atoms with van der Waals surface area (Å²) in [6.45, 7) is 0.340. The molecule has 102 valence electrons. The van der Waals surface area contributed by atoms with Crippen LogP contribution < -0.4 is 4.90 Å². The molecule has 0 radical (unpaired) electrons. The van der Waals surface area contributed by atoms with Crippen molar-refractivity contribution in [2.24, 2.45) is 5.92 Å². The van der Waals surface area contributed by atoms with Crippen LogP contribution in [-0.2, 0) is 4.79 Å². The molecule has 1 aromatic rings. The Bertz CT molecular complexity index is 552. The summed E-state index contributed by atoms with van der Waals surface area (Å²) in [6, 6.07) is 2.05. The highest BCUT2D eigenvalue weighted by molar-refractivity contribution is 9.10. The van der Waals surface area contributed by atoms with Crippen molar-refractivity contribution in [2.75, 3.05) is 17.3 Å². The molecule has 19 heavy (non-hydrogen) atoms. The quantitative estimate of drug-likeness (QED) is 0.853. The lowest BCUT2D eigenvalue weighted by Crippen LogP contribution is -2.27. The van der Waals surface area contributed by atoms with Crippen LogP contribution in [0.3, 0.4) is 0 Å². The van der Waals surface area contributed by atoms with E-state index < -0.39 is 11.8 Å². The SMILES string of the molecule is O=C(O)c1cc(F)cc(Br)c1N1CC(CCl)CC1=O. The number of halogens is 3. The van der Waals surface area contributed by atoms with Crippen molar-refractivity contribution in [3.8, 4) is 0 Å². The molecule has 1 atom stereocenters. The van der Waals surface area contributed by atoms with Crippen molar-refractivity contribution in [3.63, 3.8) is 0 Å². The van der Waals surface area contributed by atoms with E-state index in [4.69, 9.17) is 16.7 Å². The van der Waals surface area contributed by atoms with Gasteiger partial charge in [0.1, 0.15) is 5.82 Å². The molecule has 1 aliphatic heterocycles. The van der Waals surface area contributed by atoms with Crippen LogP contribution >= 0.6 is 27.5 Å². The maximum absolute atomic E-state index is 13.3. The number of rotatable bonds is 3. The second-order valence-electron chi connectivity index (χ2n) is 4.32. The van der Waals surface area contributed by atoms with Gasteiger partial charge in [-0.3, -0.25) is 4.79 Å². The zero-order valence-electron chi connectivity index (χ0n) is 9.70. The molecule has 1 amide bonds. The standard InChI is InChI=1S/C12H10BrClFNO3/c13-9-3-7(15)2-8(12(18)19)11(9)16-5-6(4-14)1-10(16)17/h2-3,6H,1,4-5H2,(H,18,19). The van der Waals surface area contributed by atoms with Gasteiger partial charge in [0.05, 0.1) is 11.3 Å². The Labute approximate surface area is 122 Å². The number of alkyl halides is 1. The van der Waals surface area contributed by atoms with Gasteiger partial charge in [0, 0.05) is 23.3 Å². The van der Waals surface area contributed by atoms with Crippen LogP contribution in [0.5, 0.6) is 0 Å². The molecule has 1 unspecified atom stereocenters. The monoisotopic (exact) mass is 349 g/mol. The van der Waals surface area contributed by atoms with Gasteiger partial charge in [0.15, 0.2) is 0 Å². The van der Waals surface area contributed by atoms with Crippen molar-refractivity contribution in [3.05, 3.63) is 28.0 Å². The van der Waals surface area contributed by atoms with Crippen LogP contribution in [-0.4, -0.2) is 29.4 Å². The molecule has 0 aliphatic carbocycles. The molecule has 1 aromatic carbocycles. The highest BCUT2D eigenvalue weighted by atomic mass is 79.9. The predicted molar refractivity (Wildman–Crippen MR) is 72.2 cm³/mol. The minimum Gasteiger partial charge on any atom is -0.478 e. The van der Waals surface area contributed by atoms with E-state index in [1.165, 1.54) is 4.90 Å². The van der Waals surface area contributed by atoms with E-state index in [-0.39, 0.29) is 34.0 Å². The predicted octanol–water partition coefficient (Wildman–Crippen LogP) is 2.88. The summed E-state index contributed by atoms with van der Waals surface area (Å²) in [5.41, 5.74) is -0.0537. The first kappa shape index (κ1) is 14.3. The van der Waals surface area contributed by atoms with Crippen molar-refractivity contribution in [1.29, 1.82) is 0 Å². The number of benzene rings is 1. The van der Waals surface area contributed by atoms with Crippen LogP contribution in [0.4, 0.5) is 10.1 Å². The fraction of sp³-hybridized carbons (Fsp3) is 0.333. The molecule has 0 aromatic heterocycles. The van der Waals surface area contributed by atoms with Gasteiger partial charge in [0.25, 0.3) is 0 Å². The number of carbonyl (C=O) groups is 2. The fourth-order valence-corrected chi connectivity index (χ4v) is 2.96. The van der Waals surface area contributed by atoms with E-state index in [2.05, 4.69) is 15.9 Å². The molecule has 0 saturated carbocycles. The molecular weight excluding hydrogens is 340 g/mol. The maximum atomic E-state index is 13.3. The Morgan fingerprint density at radius 1 is 1.58 bits per heavy atom. The third-order valence-electron chi connectivity index (χ3n) is 2.95. The van der Waals surface area contributed by atoms with E-state index in [0.29, 0.717) is 12.4 Å². The number of hydrogen-bond acceptors (Lipinski definition) is 2. The summed E-state index contributed by atoms with van der Waals surface area (Å²) in [6.07, 6.45) is 0.270. The average molecular weight is 351 g/mol. The maximum Gasteiger partial charge on any atom is 0.337 e. The highest BCUT2D eigenvalue weighted by Crippen LogP contribution is 2.35.